The maximum atomic E-state index is 11.9. The summed E-state index contributed by atoms with van der Waals surface area (Å²) in [4.78, 5) is 11.9. The fraction of sp³-hybridized carbons (Fsp3) is 0.611. The number of hydrogen-bond acceptors (Lipinski definition) is 3. The smallest absolute Gasteiger partial charge is 0.223 e. The number of aliphatic hydroxyl groups excluding tert-OH is 1. The van der Waals surface area contributed by atoms with E-state index >= 15 is 0 Å². The van der Waals surface area contributed by atoms with E-state index in [1.165, 1.54) is 0 Å². The lowest BCUT2D eigenvalue weighted by Crippen LogP contribution is -2.31. The summed E-state index contributed by atoms with van der Waals surface area (Å²) in [5.41, 5.74) is 1.02. The van der Waals surface area contributed by atoms with Crippen molar-refractivity contribution in [3.63, 3.8) is 0 Å². The van der Waals surface area contributed by atoms with Gasteiger partial charge in [-0.3, -0.25) is 4.79 Å². The van der Waals surface area contributed by atoms with Crippen LogP contribution in [-0.4, -0.2) is 23.7 Å². The highest BCUT2D eigenvalue weighted by atomic mass is 16.5. The second-order valence-corrected chi connectivity index (χ2v) is 6.58. The molecule has 0 heterocycles. The summed E-state index contributed by atoms with van der Waals surface area (Å²) < 4.78 is 5.64. The van der Waals surface area contributed by atoms with E-state index in [-0.39, 0.29) is 24.3 Å². The molecule has 0 saturated heterocycles. The highest BCUT2D eigenvalue weighted by Crippen LogP contribution is 2.18. The van der Waals surface area contributed by atoms with Crippen LogP contribution in [0.15, 0.2) is 24.3 Å². The lowest BCUT2D eigenvalue weighted by atomic mass is 10.0. The molecule has 2 unspecified atom stereocenters. The van der Waals surface area contributed by atoms with Gasteiger partial charge in [-0.2, -0.15) is 0 Å². The van der Waals surface area contributed by atoms with Crippen molar-refractivity contribution in [3.05, 3.63) is 29.8 Å². The Balaban J connectivity index is 2.51. The van der Waals surface area contributed by atoms with Crippen LogP contribution in [0.4, 0.5) is 0 Å². The first-order chi connectivity index (χ1) is 10.3. The average Bonchev–Trinajstić information content (AvgIpc) is 2.45. The van der Waals surface area contributed by atoms with Crippen LogP contribution in [0.1, 0.15) is 52.6 Å². The second-order valence-electron chi connectivity index (χ2n) is 6.58. The summed E-state index contributed by atoms with van der Waals surface area (Å²) in [5, 5.41) is 12.7. The van der Waals surface area contributed by atoms with Gasteiger partial charge in [-0.1, -0.05) is 39.8 Å². The Kier molecular flexibility index (Phi) is 7.39. The Labute approximate surface area is 133 Å². The van der Waals surface area contributed by atoms with E-state index in [4.69, 9.17) is 4.74 Å². The number of amides is 1. The molecule has 1 aromatic rings. The SMILES string of the molecule is CC(C)COc1ccc(C(C)NC(=O)CC(O)C(C)C)cc1. The molecule has 0 spiro atoms. The summed E-state index contributed by atoms with van der Waals surface area (Å²) in [6, 6.07) is 7.66. The zero-order chi connectivity index (χ0) is 16.7. The van der Waals surface area contributed by atoms with Crippen molar-refractivity contribution in [1.29, 1.82) is 0 Å². The van der Waals surface area contributed by atoms with E-state index in [1.807, 2.05) is 45.0 Å². The largest absolute Gasteiger partial charge is 0.493 e. The van der Waals surface area contributed by atoms with Crippen LogP contribution in [0, 0.1) is 11.8 Å². The molecule has 1 amide bonds. The minimum absolute atomic E-state index is 0.0819. The number of nitrogens with one attached hydrogen (secondary N) is 1. The van der Waals surface area contributed by atoms with Crippen LogP contribution in [0.5, 0.6) is 5.75 Å². The van der Waals surface area contributed by atoms with Crippen molar-refractivity contribution < 1.29 is 14.6 Å². The number of hydrogen-bond donors (Lipinski definition) is 2. The summed E-state index contributed by atoms with van der Waals surface area (Å²) >= 11 is 0. The third kappa shape index (κ3) is 6.48. The highest BCUT2D eigenvalue weighted by molar-refractivity contribution is 5.76. The highest BCUT2D eigenvalue weighted by Gasteiger charge is 2.16. The second kappa shape index (κ2) is 8.79. The Morgan fingerprint density at radius 1 is 1.14 bits per heavy atom. The van der Waals surface area contributed by atoms with Gasteiger partial charge < -0.3 is 15.2 Å². The van der Waals surface area contributed by atoms with Crippen LogP contribution in [0.3, 0.4) is 0 Å². The molecule has 4 nitrogen and oxygen atoms in total. The fourth-order valence-electron chi connectivity index (χ4n) is 1.93. The molecule has 0 aliphatic heterocycles. The molecule has 0 saturated carbocycles. The van der Waals surface area contributed by atoms with Crippen LogP contribution in [-0.2, 0) is 4.79 Å². The third-order valence-corrected chi connectivity index (χ3v) is 3.51. The van der Waals surface area contributed by atoms with E-state index in [0.29, 0.717) is 12.5 Å². The molecule has 2 N–H and O–H groups in total. The molecular formula is C18H29NO3. The number of rotatable bonds is 8. The van der Waals surface area contributed by atoms with Gasteiger partial charge in [-0.05, 0) is 36.5 Å². The number of aliphatic hydroxyl groups is 1. The van der Waals surface area contributed by atoms with Gasteiger partial charge in [0.1, 0.15) is 5.75 Å². The number of carbonyl (C=O) groups excluding carboxylic acids is 1. The minimum Gasteiger partial charge on any atom is -0.493 e. The molecule has 124 valence electrons. The fourth-order valence-corrected chi connectivity index (χ4v) is 1.93. The molecule has 0 aliphatic carbocycles. The van der Waals surface area contributed by atoms with Gasteiger partial charge in [0.05, 0.1) is 25.2 Å². The lowest BCUT2D eigenvalue weighted by Gasteiger charge is -2.18. The molecule has 0 radical (unpaired) electrons. The maximum absolute atomic E-state index is 11.9. The molecule has 22 heavy (non-hydrogen) atoms. The van der Waals surface area contributed by atoms with Gasteiger partial charge in [0, 0.05) is 0 Å². The van der Waals surface area contributed by atoms with Gasteiger partial charge in [-0.25, -0.2) is 0 Å². The van der Waals surface area contributed by atoms with E-state index in [1.54, 1.807) is 0 Å². The summed E-state index contributed by atoms with van der Waals surface area (Å²) in [6.07, 6.45) is -0.462. The van der Waals surface area contributed by atoms with Crippen LogP contribution in [0.25, 0.3) is 0 Å². The molecule has 2 atom stereocenters. The zero-order valence-electron chi connectivity index (χ0n) is 14.3. The Hall–Kier alpha value is -1.55. The van der Waals surface area contributed by atoms with Crippen molar-refractivity contribution in [2.75, 3.05) is 6.61 Å². The van der Waals surface area contributed by atoms with Gasteiger partial charge >= 0.3 is 0 Å². The lowest BCUT2D eigenvalue weighted by molar-refractivity contribution is -0.124. The first kappa shape index (κ1) is 18.5. The molecule has 0 bridgehead atoms. The van der Waals surface area contributed by atoms with Crippen molar-refractivity contribution in [1.82, 2.24) is 5.32 Å². The summed E-state index contributed by atoms with van der Waals surface area (Å²) in [5.74, 6) is 1.28. The molecule has 0 aromatic heterocycles. The predicted molar refractivity (Wildman–Crippen MR) is 88.8 cm³/mol. The van der Waals surface area contributed by atoms with Gasteiger partial charge in [-0.15, -0.1) is 0 Å². The topological polar surface area (TPSA) is 58.6 Å². The quantitative estimate of drug-likeness (QED) is 0.774. The predicted octanol–water partition coefficient (Wildman–Crippen LogP) is 3.31. The maximum Gasteiger partial charge on any atom is 0.223 e. The van der Waals surface area contributed by atoms with Gasteiger partial charge in [0.15, 0.2) is 0 Å². The zero-order valence-corrected chi connectivity index (χ0v) is 14.3. The minimum atomic E-state index is -0.598. The number of benzene rings is 1. The van der Waals surface area contributed by atoms with E-state index in [0.717, 1.165) is 11.3 Å². The Bertz CT molecular complexity index is 454. The average molecular weight is 307 g/mol. The standard InChI is InChI=1S/C18H29NO3/c1-12(2)11-22-16-8-6-15(7-9-16)14(5)19-18(21)10-17(20)13(3)4/h6-9,12-14,17,20H,10-11H2,1-5H3,(H,19,21). The van der Waals surface area contributed by atoms with Crippen LogP contribution >= 0.6 is 0 Å². The molecule has 1 rings (SSSR count). The molecular weight excluding hydrogens is 278 g/mol. The molecule has 0 aliphatic rings. The monoisotopic (exact) mass is 307 g/mol. The van der Waals surface area contributed by atoms with Crippen LogP contribution in [0.2, 0.25) is 0 Å². The number of ether oxygens (including phenoxy) is 1. The molecule has 1 aromatic carbocycles. The molecule has 0 fully saturated rings. The third-order valence-electron chi connectivity index (χ3n) is 3.51. The Morgan fingerprint density at radius 2 is 1.73 bits per heavy atom. The van der Waals surface area contributed by atoms with E-state index < -0.39 is 6.10 Å². The van der Waals surface area contributed by atoms with E-state index in [9.17, 15) is 9.90 Å². The van der Waals surface area contributed by atoms with Crippen LogP contribution < -0.4 is 10.1 Å². The first-order valence-corrected chi connectivity index (χ1v) is 7.99. The van der Waals surface area contributed by atoms with Crippen molar-refractivity contribution >= 4 is 5.91 Å². The first-order valence-electron chi connectivity index (χ1n) is 7.99. The Morgan fingerprint density at radius 3 is 2.23 bits per heavy atom. The van der Waals surface area contributed by atoms with Gasteiger partial charge in [0.2, 0.25) is 5.91 Å². The normalized spacial score (nSPS) is 14.0. The molecule has 4 heteroatoms. The number of carbonyl (C=O) groups is 1. The summed E-state index contributed by atoms with van der Waals surface area (Å²) in [7, 11) is 0. The van der Waals surface area contributed by atoms with Crippen molar-refractivity contribution in [2.45, 2.75) is 53.2 Å². The van der Waals surface area contributed by atoms with Gasteiger partial charge in [0.25, 0.3) is 0 Å². The van der Waals surface area contributed by atoms with Crippen molar-refractivity contribution in [3.8, 4) is 5.75 Å². The van der Waals surface area contributed by atoms with E-state index in [2.05, 4.69) is 19.2 Å². The van der Waals surface area contributed by atoms with Crippen molar-refractivity contribution in [2.24, 2.45) is 11.8 Å². The summed E-state index contributed by atoms with van der Waals surface area (Å²) in [6.45, 7) is 10.6.